The Morgan fingerprint density at radius 2 is 2.50 bits per heavy atom. The number of aromatic nitrogens is 2. The van der Waals surface area contributed by atoms with E-state index < -0.39 is 0 Å². The molecular formula is C10H15N3O. The van der Waals surface area contributed by atoms with Crippen LogP contribution in [0.25, 0.3) is 0 Å². The lowest BCUT2D eigenvalue weighted by molar-refractivity contribution is -0.0564. The molecule has 0 bridgehead atoms. The number of rotatable bonds is 1. The van der Waals surface area contributed by atoms with Crippen LogP contribution < -0.4 is 5.32 Å². The van der Waals surface area contributed by atoms with Crippen LogP contribution in [0.5, 0.6) is 0 Å². The highest BCUT2D eigenvalue weighted by Gasteiger charge is 2.48. The van der Waals surface area contributed by atoms with Gasteiger partial charge in [0.2, 0.25) is 0 Å². The molecule has 1 aliphatic carbocycles. The molecular weight excluding hydrogens is 178 g/mol. The van der Waals surface area contributed by atoms with Crippen LogP contribution in [0.15, 0.2) is 12.4 Å². The van der Waals surface area contributed by atoms with E-state index in [1.807, 2.05) is 24.1 Å². The molecule has 76 valence electrons. The first-order valence-corrected chi connectivity index (χ1v) is 5.15. The third kappa shape index (κ3) is 1.35. The fourth-order valence-corrected chi connectivity index (χ4v) is 2.04. The molecule has 1 aromatic rings. The van der Waals surface area contributed by atoms with Gasteiger partial charge in [0.15, 0.2) is 0 Å². The van der Waals surface area contributed by atoms with Crippen LogP contribution in [-0.4, -0.2) is 28.5 Å². The van der Waals surface area contributed by atoms with Crippen LogP contribution in [0.1, 0.15) is 24.5 Å². The van der Waals surface area contributed by atoms with E-state index in [0.29, 0.717) is 0 Å². The highest BCUT2D eigenvalue weighted by Crippen LogP contribution is 2.44. The molecule has 1 N–H and O–H groups in total. The monoisotopic (exact) mass is 193 g/mol. The second-order valence-corrected chi connectivity index (χ2v) is 4.37. The normalized spacial score (nSPS) is 29.4. The predicted molar refractivity (Wildman–Crippen MR) is 51.9 cm³/mol. The van der Waals surface area contributed by atoms with Crippen LogP contribution in [-0.2, 0) is 11.8 Å². The summed E-state index contributed by atoms with van der Waals surface area (Å²) < 4.78 is 7.89. The van der Waals surface area contributed by atoms with Gasteiger partial charge < -0.3 is 10.1 Å². The molecule has 1 spiro atoms. The summed E-state index contributed by atoms with van der Waals surface area (Å²) in [6.45, 7) is 1.93. The second-order valence-electron chi connectivity index (χ2n) is 4.37. The smallest absolute Gasteiger partial charge is 0.0987 e. The number of aryl methyl sites for hydroxylation is 1. The van der Waals surface area contributed by atoms with Gasteiger partial charge in [-0.05, 0) is 12.8 Å². The largest absolute Gasteiger partial charge is 0.364 e. The van der Waals surface area contributed by atoms with E-state index in [-0.39, 0.29) is 11.7 Å². The first kappa shape index (κ1) is 8.44. The maximum absolute atomic E-state index is 6.07. The Morgan fingerprint density at radius 3 is 3.14 bits per heavy atom. The van der Waals surface area contributed by atoms with Gasteiger partial charge in [0.05, 0.1) is 17.9 Å². The van der Waals surface area contributed by atoms with Crippen LogP contribution in [0.4, 0.5) is 0 Å². The average molecular weight is 193 g/mol. The van der Waals surface area contributed by atoms with Gasteiger partial charge in [-0.2, -0.15) is 5.10 Å². The zero-order valence-corrected chi connectivity index (χ0v) is 8.36. The van der Waals surface area contributed by atoms with Crippen molar-refractivity contribution < 1.29 is 4.74 Å². The Bertz CT molecular complexity index is 343. The minimum absolute atomic E-state index is 0.165. The van der Waals surface area contributed by atoms with Crippen LogP contribution >= 0.6 is 0 Å². The molecule has 4 heteroatoms. The fourth-order valence-electron chi connectivity index (χ4n) is 2.04. The third-order valence-electron chi connectivity index (χ3n) is 3.07. The number of nitrogens with zero attached hydrogens (tertiary/aromatic N) is 2. The van der Waals surface area contributed by atoms with Crippen LogP contribution in [0.2, 0.25) is 0 Å². The third-order valence-corrected chi connectivity index (χ3v) is 3.07. The van der Waals surface area contributed by atoms with Crippen molar-refractivity contribution in [2.45, 2.75) is 24.5 Å². The summed E-state index contributed by atoms with van der Waals surface area (Å²) in [5.41, 5.74) is 1.35. The SMILES string of the molecule is Cn1cc(C2CNCC3(CC3)O2)cn1. The molecule has 0 aromatic carbocycles. The first-order chi connectivity index (χ1) is 6.77. The van der Waals surface area contributed by atoms with Crippen molar-refractivity contribution in [1.29, 1.82) is 0 Å². The minimum atomic E-state index is 0.165. The van der Waals surface area contributed by atoms with E-state index in [9.17, 15) is 0 Å². The van der Waals surface area contributed by atoms with Gasteiger partial charge in [0.25, 0.3) is 0 Å². The van der Waals surface area contributed by atoms with Crippen molar-refractivity contribution in [3.05, 3.63) is 18.0 Å². The van der Waals surface area contributed by atoms with Gasteiger partial charge in [0.1, 0.15) is 0 Å². The summed E-state index contributed by atoms with van der Waals surface area (Å²) >= 11 is 0. The number of hydrogen-bond acceptors (Lipinski definition) is 3. The number of hydrogen-bond donors (Lipinski definition) is 1. The molecule has 4 nitrogen and oxygen atoms in total. The molecule has 2 fully saturated rings. The van der Waals surface area contributed by atoms with E-state index in [1.165, 1.54) is 18.4 Å². The van der Waals surface area contributed by atoms with Crippen molar-refractivity contribution in [3.8, 4) is 0 Å². The summed E-state index contributed by atoms with van der Waals surface area (Å²) in [6.07, 6.45) is 6.54. The van der Waals surface area contributed by atoms with Crippen LogP contribution in [0.3, 0.4) is 0 Å². The molecule has 1 unspecified atom stereocenters. The molecule has 1 aliphatic heterocycles. The average Bonchev–Trinajstić information content (AvgIpc) is 2.78. The van der Waals surface area contributed by atoms with E-state index in [0.717, 1.165) is 13.1 Å². The van der Waals surface area contributed by atoms with E-state index >= 15 is 0 Å². The van der Waals surface area contributed by atoms with Crippen molar-refractivity contribution in [2.24, 2.45) is 7.05 Å². The highest BCUT2D eigenvalue weighted by molar-refractivity contribution is 5.13. The molecule has 1 aromatic heterocycles. The zero-order chi connectivity index (χ0) is 9.60. The van der Waals surface area contributed by atoms with Gasteiger partial charge in [-0.1, -0.05) is 0 Å². The van der Waals surface area contributed by atoms with E-state index in [4.69, 9.17) is 4.74 Å². The van der Waals surface area contributed by atoms with Gasteiger partial charge in [0, 0.05) is 31.9 Å². The standard InChI is InChI=1S/C10H15N3O/c1-13-6-8(4-12-13)9-5-11-7-10(14-9)2-3-10/h4,6,9,11H,2-3,5,7H2,1H3. The molecule has 1 saturated carbocycles. The summed E-state index contributed by atoms with van der Waals surface area (Å²) in [5.74, 6) is 0. The van der Waals surface area contributed by atoms with Crippen LogP contribution in [0, 0.1) is 0 Å². The molecule has 1 saturated heterocycles. The number of nitrogens with one attached hydrogen (secondary N) is 1. The lowest BCUT2D eigenvalue weighted by Gasteiger charge is -2.30. The zero-order valence-electron chi connectivity index (χ0n) is 8.36. The highest BCUT2D eigenvalue weighted by atomic mass is 16.5. The lowest BCUT2D eigenvalue weighted by Crippen LogP contribution is -2.41. The summed E-state index contributed by atoms with van der Waals surface area (Å²) in [7, 11) is 1.94. The molecule has 2 heterocycles. The van der Waals surface area contributed by atoms with Crippen molar-refractivity contribution >= 4 is 0 Å². The van der Waals surface area contributed by atoms with Crippen molar-refractivity contribution in [3.63, 3.8) is 0 Å². The quantitative estimate of drug-likeness (QED) is 0.710. The summed E-state index contributed by atoms with van der Waals surface area (Å²) in [6, 6.07) is 0. The topological polar surface area (TPSA) is 39.1 Å². The van der Waals surface area contributed by atoms with Gasteiger partial charge in [-0.3, -0.25) is 4.68 Å². The Balaban J connectivity index is 1.78. The minimum Gasteiger partial charge on any atom is -0.364 e. The number of ether oxygens (including phenoxy) is 1. The Morgan fingerprint density at radius 1 is 1.64 bits per heavy atom. The van der Waals surface area contributed by atoms with E-state index in [1.54, 1.807) is 0 Å². The number of morpholine rings is 1. The summed E-state index contributed by atoms with van der Waals surface area (Å²) in [5, 5.41) is 7.60. The summed E-state index contributed by atoms with van der Waals surface area (Å²) in [4.78, 5) is 0. The first-order valence-electron chi connectivity index (χ1n) is 5.15. The maximum Gasteiger partial charge on any atom is 0.0987 e. The molecule has 0 amide bonds. The van der Waals surface area contributed by atoms with Gasteiger partial charge >= 0.3 is 0 Å². The fraction of sp³-hybridized carbons (Fsp3) is 0.700. The molecule has 2 aliphatic rings. The Hall–Kier alpha value is -0.870. The molecule has 1 atom stereocenters. The molecule has 3 rings (SSSR count). The lowest BCUT2D eigenvalue weighted by atomic mass is 10.1. The maximum atomic E-state index is 6.07. The van der Waals surface area contributed by atoms with Crippen molar-refractivity contribution in [2.75, 3.05) is 13.1 Å². The Kier molecular flexibility index (Phi) is 1.69. The van der Waals surface area contributed by atoms with Gasteiger partial charge in [-0.15, -0.1) is 0 Å². The Labute approximate surface area is 83.2 Å². The predicted octanol–water partition coefficient (Wildman–Crippen LogP) is 0.614. The second kappa shape index (κ2) is 2.81. The molecule has 14 heavy (non-hydrogen) atoms. The molecule has 0 radical (unpaired) electrons. The van der Waals surface area contributed by atoms with Gasteiger partial charge in [-0.25, -0.2) is 0 Å². The van der Waals surface area contributed by atoms with E-state index in [2.05, 4.69) is 10.4 Å². The van der Waals surface area contributed by atoms with Crippen molar-refractivity contribution in [1.82, 2.24) is 15.1 Å².